The number of hydrogen-bond acceptors (Lipinski definition) is 3. The first-order valence-corrected chi connectivity index (χ1v) is 4.09. The molecular weight excluding hydrogens is 168 g/mol. The van der Waals surface area contributed by atoms with Crippen molar-refractivity contribution in [2.75, 3.05) is 0 Å². The number of aromatic hydroxyl groups is 2. The van der Waals surface area contributed by atoms with Crippen LogP contribution in [0.5, 0.6) is 11.5 Å². The Kier molecular flexibility index (Phi) is 1.62. The third kappa shape index (κ3) is 1.02. The normalized spacial score (nSPS) is 10.8. The SMILES string of the molecule is CCn1cnc2c(O)ccc(O)c21. The lowest BCUT2D eigenvalue weighted by molar-refractivity contribution is 0.467. The highest BCUT2D eigenvalue weighted by molar-refractivity contribution is 5.86. The molecule has 2 N–H and O–H groups in total. The second-order valence-corrected chi connectivity index (χ2v) is 2.83. The second-order valence-electron chi connectivity index (χ2n) is 2.83. The largest absolute Gasteiger partial charge is 0.506 e. The van der Waals surface area contributed by atoms with E-state index in [1.165, 1.54) is 12.1 Å². The number of imidazole rings is 1. The van der Waals surface area contributed by atoms with Gasteiger partial charge in [0.2, 0.25) is 0 Å². The van der Waals surface area contributed by atoms with Gasteiger partial charge in [-0.05, 0) is 19.1 Å². The number of phenols is 2. The first-order chi connectivity index (χ1) is 6.24. The Balaban J connectivity index is 2.87. The summed E-state index contributed by atoms with van der Waals surface area (Å²) < 4.78 is 1.78. The van der Waals surface area contributed by atoms with E-state index in [1.54, 1.807) is 10.9 Å². The molecule has 0 aliphatic heterocycles. The number of nitrogens with zero attached hydrogens (tertiary/aromatic N) is 2. The highest BCUT2D eigenvalue weighted by Gasteiger charge is 2.09. The standard InChI is InChI=1S/C9H10N2O2/c1-2-11-5-10-8-6(12)3-4-7(13)9(8)11/h3-5,12-13H,2H2,1H3. The molecule has 1 heterocycles. The molecule has 0 amide bonds. The van der Waals surface area contributed by atoms with Crippen LogP contribution in [0, 0.1) is 0 Å². The van der Waals surface area contributed by atoms with Gasteiger partial charge in [-0.15, -0.1) is 0 Å². The van der Waals surface area contributed by atoms with Gasteiger partial charge in [0.1, 0.15) is 22.5 Å². The van der Waals surface area contributed by atoms with Crippen LogP contribution in [-0.2, 0) is 6.54 Å². The molecule has 13 heavy (non-hydrogen) atoms. The Bertz CT molecular complexity index is 448. The number of phenolic OH excluding ortho intramolecular Hbond substituents is 2. The van der Waals surface area contributed by atoms with E-state index < -0.39 is 0 Å². The molecule has 0 aliphatic carbocycles. The fourth-order valence-electron chi connectivity index (χ4n) is 1.39. The maximum atomic E-state index is 9.52. The van der Waals surface area contributed by atoms with Gasteiger partial charge < -0.3 is 14.8 Å². The second kappa shape index (κ2) is 2.65. The number of hydrogen-bond donors (Lipinski definition) is 2. The van der Waals surface area contributed by atoms with Gasteiger partial charge >= 0.3 is 0 Å². The van der Waals surface area contributed by atoms with Crippen molar-refractivity contribution < 1.29 is 10.2 Å². The van der Waals surface area contributed by atoms with Crippen LogP contribution in [0.1, 0.15) is 6.92 Å². The highest BCUT2D eigenvalue weighted by Crippen LogP contribution is 2.30. The predicted octanol–water partition coefficient (Wildman–Crippen LogP) is 1.47. The summed E-state index contributed by atoms with van der Waals surface area (Å²) in [7, 11) is 0. The molecular formula is C9H10N2O2. The zero-order valence-corrected chi connectivity index (χ0v) is 7.23. The van der Waals surface area contributed by atoms with Crippen LogP contribution >= 0.6 is 0 Å². The van der Waals surface area contributed by atoms with E-state index in [2.05, 4.69) is 4.98 Å². The van der Waals surface area contributed by atoms with Crippen LogP contribution in [0.4, 0.5) is 0 Å². The summed E-state index contributed by atoms with van der Waals surface area (Å²) in [6, 6.07) is 2.90. The summed E-state index contributed by atoms with van der Waals surface area (Å²) in [5.74, 6) is 0.243. The Morgan fingerprint density at radius 2 is 2.00 bits per heavy atom. The molecule has 4 heteroatoms. The summed E-state index contributed by atoms with van der Waals surface area (Å²) in [6.07, 6.45) is 1.60. The van der Waals surface area contributed by atoms with Crippen molar-refractivity contribution in [2.45, 2.75) is 13.5 Å². The Morgan fingerprint density at radius 1 is 1.31 bits per heavy atom. The van der Waals surface area contributed by atoms with Gasteiger partial charge in [0, 0.05) is 6.54 Å². The van der Waals surface area contributed by atoms with E-state index in [4.69, 9.17) is 0 Å². The van der Waals surface area contributed by atoms with Crippen LogP contribution < -0.4 is 0 Å². The van der Waals surface area contributed by atoms with Crippen LogP contribution in [-0.4, -0.2) is 19.8 Å². The van der Waals surface area contributed by atoms with Gasteiger partial charge in [0.25, 0.3) is 0 Å². The Hall–Kier alpha value is -1.71. The summed E-state index contributed by atoms with van der Waals surface area (Å²) in [6.45, 7) is 2.66. The number of aryl methyl sites for hydroxylation is 1. The maximum absolute atomic E-state index is 9.52. The molecule has 0 unspecified atom stereocenters. The molecule has 0 fully saturated rings. The average molecular weight is 178 g/mol. The van der Waals surface area contributed by atoms with Gasteiger partial charge in [0.15, 0.2) is 0 Å². The number of benzene rings is 1. The smallest absolute Gasteiger partial charge is 0.143 e. The third-order valence-corrected chi connectivity index (χ3v) is 2.06. The molecule has 1 aromatic heterocycles. The van der Waals surface area contributed by atoms with E-state index in [1.807, 2.05) is 6.92 Å². The Morgan fingerprint density at radius 3 is 2.69 bits per heavy atom. The number of fused-ring (bicyclic) bond motifs is 1. The monoisotopic (exact) mass is 178 g/mol. The zero-order chi connectivity index (χ0) is 9.42. The fraction of sp³-hybridized carbons (Fsp3) is 0.222. The quantitative estimate of drug-likeness (QED) is 0.650. The lowest BCUT2D eigenvalue weighted by Crippen LogP contribution is -1.90. The fourth-order valence-corrected chi connectivity index (χ4v) is 1.39. The summed E-state index contributed by atoms with van der Waals surface area (Å²) >= 11 is 0. The van der Waals surface area contributed by atoms with Crippen LogP contribution in [0.2, 0.25) is 0 Å². The average Bonchev–Trinajstić information content (AvgIpc) is 2.56. The van der Waals surface area contributed by atoms with Crippen LogP contribution in [0.3, 0.4) is 0 Å². The van der Waals surface area contributed by atoms with E-state index in [0.29, 0.717) is 17.6 Å². The molecule has 1 aromatic carbocycles. The Labute approximate surface area is 75.1 Å². The van der Waals surface area contributed by atoms with Gasteiger partial charge in [-0.25, -0.2) is 4.98 Å². The first kappa shape index (κ1) is 7.91. The lowest BCUT2D eigenvalue weighted by atomic mass is 10.2. The van der Waals surface area contributed by atoms with Crippen molar-refractivity contribution in [3.05, 3.63) is 18.5 Å². The molecule has 4 nitrogen and oxygen atoms in total. The lowest BCUT2D eigenvalue weighted by Gasteiger charge is -2.01. The zero-order valence-electron chi connectivity index (χ0n) is 7.23. The molecule has 0 bridgehead atoms. The van der Waals surface area contributed by atoms with Crippen molar-refractivity contribution in [3.63, 3.8) is 0 Å². The summed E-state index contributed by atoms with van der Waals surface area (Å²) in [4.78, 5) is 4.00. The van der Waals surface area contributed by atoms with E-state index in [-0.39, 0.29) is 11.5 Å². The molecule has 0 saturated carbocycles. The predicted molar refractivity (Wildman–Crippen MR) is 48.7 cm³/mol. The van der Waals surface area contributed by atoms with Crippen molar-refractivity contribution >= 4 is 11.0 Å². The molecule has 0 spiro atoms. The first-order valence-electron chi connectivity index (χ1n) is 4.09. The molecule has 68 valence electrons. The van der Waals surface area contributed by atoms with Crippen LogP contribution in [0.25, 0.3) is 11.0 Å². The van der Waals surface area contributed by atoms with Crippen LogP contribution in [0.15, 0.2) is 18.5 Å². The summed E-state index contributed by atoms with van der Waals surface area (Å²) in [5.41, 5.74) is 1.03. The minimum atomic E-state index is 0.0972. The minimum absolute atomic E-state index is 0.0972. The highest BCUT2D eigenvalue weighted by atomic mass is 16.3. The minimum Gasteiger partial charge on any atom is -0.506 e. The van der Waals surface area contributed by atoms with Crippen molar-refractivity contribution in [1.82, 2.24) is 9.55 Å². The van der Waals surface area contributed by atoms with E-state index in [0.717, 1.165) is 0 Å². The molecule has 2 aromatic rings. The molecule has 0 saturated heterocycles. The molecule has 0 aliphatic rings. The van der Waals surface area contributed by atoms with Gasteiger partial charge in [-0.3, -0.25) is 0 Å². The van der Waals surface area contributed by atoms with E-state index in [9.17, 15) is 10.2 Å². The topological polar surface area (TPSA) is 58.3 Å². The molecule has 0 atom stereocenters. The third-order valence-electron chi connectivity index (χ3n) is 2.06. The number of rotatable bonds is 1. The van der Waals surface area contributed by atoms with Crippen molar-refractivity contribution in [3.8, 4) is 11.5 Å². The van der Waals surface area contributed by atoms with Gasteiger partial charge in [0.05, 0.1) is 6.33 Å². The van der Waals surface area contributed by atoms with Gasteiger partial charge in [-0.1, -0.05) is 0 Å². The van der Waals surface area contributed by atoms with Crippen molar-refractivity contribution in [1.29, 1.82) is 0 Å². The molecule has 2 rings (SSSR count). The molecule has 0 radical (unpaired) electrons. The van der Waals surface area contributed by atoms with E-state index >= 15 is 0 Å². The maximum Gasteiger partial charge on any atom is 0.143 e. The number of aromatic nitrogens is 2. The van der Waals surface area contributed by atoms with Crippen molar-refractivity contribution in [2.24, 2.45) is 0 Å². The summed E-state index contributed by atoms with van der Waals surface area (Å²) in [5, 5.41) is 18.9. The van der Waals surface area contributed by atoms with Gasteiger partial charge in [-0.2, -0.15) is 0 Å².